The van der Waals surface area contributed by atoms with Crippen molar-refractivity contribution in [2.75, 3.05) is 16.8 Å². The fourth-order valence-corrected chi connectivity index (χ4v) is 3.27. The quantitative estimate of drug-likeness (QED) is 0.786. The van der Waals surface area contributed by atoms with E-state index in [2.05, 4.69) is 46.5 Å². The second-order valence-corrected chi connectivity index (χ2v) is 6.47. The molecule has 0 saturated heterocycles. The summed E-state index contributed by atoms with van der Waals surface area (Å²) >= 11 is 0. The van der Waals surface area contributed by atoms with E-state index in [1.54, 1.807) is 11.0 Å². The molecule has 26 heavy (non-hydrogen) atoms. The third-order valence-electron chi connectivity index (χ3n) is 4.57. The molecule has 2 aromatic carbocycles. The van der Waals surface area contributed by atoms with Crippen molar-refractivity contribution in [3.63, 3.8) is 0 Å². The monoisotopic (exact) mass is 344 g/mol. The molecule has 4 rings (SSSR count). The summed E-state index contributed by atoms with van der Waals surface area (Å²) in [6.07, 6.45) is 2.32. The van der Waals surface area contributed by atoms with E-state index >= 15 is 0 Å². The van der Waals surface area contributed by atoms with Crippen LogP contribution in [0.25, 0.3) is 0 Å². The zero-order chi connectivity index (χ0) is 17.9. The van der Waals surface area contributed by atoms with Crippen molar-refractivity contribution in [3.8, 4) is 0 Å². The first-order chi connectivity index (χ1) is 12.7. The molecule has 0 spiro atoms. The average molecular weight is 344 g/mol. The summed E-state index contributed by atoms with van der Waals surface area (Å²) in [6, 6.07) is 18.0. The molecule has 0 atom stereocenters. The van der Waals surface area contributed by atoms with E-state index in [4.69, 9.17) is 0 Å². The molecular weight excluding hydrogens is 324 g/mol. The van der Waals surface area contributed by atoms with E-state index in [-0.39, 0.29) is 5.91 Å². The van der Waals surface area contributed by atoms with E-state index < -0.39 is 0 Å². The van der Waals surface area contributed by atoms with Gasteiger partial charge in [0.2, 0.25) is 0 Å². The van der Waals surface area contributed by atoms with Gasteiger partial charge in [-0.3, -0.25) is 4.79 Å². The predicted octanol–water partition coefficient (Wildman–Crippen LogP) is 3.60. The van der Waals surface area contributed by atoms with Crippen molar-refractivity contribution in [3.05, 3.63) is 83.3 Å². The van der Waals surface area contributed by atoms with Crippen LogP contribution in [0.3, 0.4) is 0 Å². The Morgan fingerprint density at radius 3 is 2.88 bits per heavy atom. The molecule has 5 heteroatoms. The SMILES string of the molecule is Cc1cccc(CNc2cc(C(=O)N3CCc4ccccc43)ncn2)c1. The number of carbonyl (C=O) groups is 1. The van der Waals surface area contributed by atoms with Crippen LogP contribution < -0.4 is 10.2 Å². The van der Waals surface area contributed by atoms with Crippen LogP contribution in [0.1, 0.15) is 27.2 Å². The molecule has 2 heterocycles. The lowest BCUT2D eigenvalue weighted by Crippen LogP contribution is -2.29. The molecular formula is C21H20N4O. The Kier molecular flexibility index (Phi) is 4.35. The van der Waals surface area contributed by atoms with E-state index in [0.29, 0.717) is 24.6 Å². The Bertz CT molecular complexity index is 954. The van der Waals surface area contributed by atoms with Crippen molar-refractivity contribution in [2.45, 2.75) is 19.9 Å². The zero-order valence-corrected chi connectivity index (χ0v) is 14.6. The fourth-order valence-electron chi connectivity index (χ4n) is 3.27. The smallest absolute Gasteiger partial charge is 0.277 e. The third-order valence-corrected chi connectivity index (χ3v) is 4.57. The number of anilines is 2. The first-order valence-electron chi connectivity index (χ1n) is 8.72. The number of benzene rings is 2. The largest absolute Gasteiger partial charge is 0.366 e. The summed E-state index contributed by atoms with van der Waals surface area (Å²) < 4.78 is 0. The van der Waals surface area contributed by atoms with Crippen LogP contribution in [-0.2, 0) is 13.0 Å². The van der Waals surface area contributed by atoms with E-state index in [0.717, 1.165) is 12.1 Å². The van der Waals surface area contributed by atoms with Crippen molar-refractivity contribution >= 4 is 17.4 Å². The summed E-state index contributed by atoms with van der Waals surface area (Å²) in [6.45, 7) is 3.41. The molecule has 0 unspecified atom stereocenters. The number of aryl methyl sites for hydroxylation is 1. The zero-order valence-electron chi connectivity index (χ0n) is 14.6. The Labute approximate surface area is 152 Å². The normalized spacial score (nSPS) is 12.7. The minimum Gasteiger partial charge on any atom is -0.366 e. The number of hydrogen-bond acceptors (Lipinski definition) is 4. The lowest BCUT2D eigenvalue weighted by molar-refractivity contribution is 0.0984. The van der Waals surface area contributed by atoms with Crippen LogP contribution in [0.5, 0.6) is 0 Å². The fraction of sp³-hybridized carbons (Fsp3) is 0.190. The molecule has 1 N–H and O–H groups in total. The minimum atomic E-state index is -0.0871. The van der Waals surface area contributed by atoms with Gasteiger partial charge in [-0.15, -0.1) is 0 Å². The van der Waals surface area contributed by atoms with Gasteiger partial charge in [0.25, 0.3) is 5.91 Å². The molecule has 1 aliphatic heterocycles. The predicted molar refractivity (Wildman–Crippen MR) is 102 cm³/mol. The number of nitrogens with one attached hydrogen (secondary N) is 1. The maximum absolute atomic E-state index is 12.9. The number of rotatable bonds is 4. The third kappa shape index (κ3) is 3.28. The van der Waals surface area contributed by atoms with Crippen molar-refractivity contribution in [1.29, 1.82) is 0 Å². The summed E-state index contributed by atoms with van der Waals surface area (Å²) in [5.74, 6) is 0.563. The molecule has 0 radical (unpaired) electrons. The standard InChI is InChI=1S/C21H20N4O/c1-15-5-4-6-16(11-15)13-22-20-12-18(23-14-24-20)21(26)25-10-9-17-7-2-3-8-19(17)25/h2-8,11-12,14H,9-10,13H2,1H3,(H,22,23,24). The Hall–Kier alpha value is -3.21. The first kappa shape index (κ1) is 16.3. The van der Waals surface area contributed by atoms with Crippen LogP contribution in [0, 0.1) is 6.92 Å². The van der Waals surface area contributed by atoms with E-state index in [9.17, 15) is 4.79 Å². The van der Waals surface area contributed by atoms with Gasteiger partial charge < -0.3 is 10.2 Å². The summed E-state index contributed by atoms with van der Waals surface area (Å²) in [5.41, 5.74) is 4.97. The number of amides is 1. The molecule has 0 saturated carbocycles. The molecule has 5 nitrogen and oxygen atoms in total. The number of aromatic nitrogens is 2. The van der Waals surface area contributed by atoms with Gasteiger partial charge in [-0.1, -0.05) is 48.0 Å². The van der Waals surface area contributed by atoms with E-state index in [1.165, 1.54) is 23.0 Å². The van der Waals surface area contributed by atoms with Crippen LogP contribution in [0.2, 0.25) is 0 Å². The van der Waals surface area contributed by atoms with Crippen LogP contribution in [-0.4, -0.2) is 22.4 Å². The van der Waals surface area contributed by atoms with Crippen LogP contribution in [0.15, 0.2) is 60.9 Å². The highest BCUT2D eigenvalue weighted by molar-refractivity contribution is 6.06. The molecule has 1 aliphatic rings. The second kappa shape index (κ2) is 6.96. The number of para-hydroxylation sites is 1. The number of fused-ring (bicyclic) bond motifs is 1. The van der Waals surface area contributed by atoms with Gasteiger partial charge in [-0.2, -0.15) is 0 Å². The summed E-state index contributed by atoms with van der Waals surface area (Å²) in [7, 11) is 0. The highest BCUT2D eigenvalue weighted by Crippen LogP contribution is 2.28. The van der Waals surface area contributed by atoms with Gasteiger partial charge in [-0.05, 0) is 30.5 Å². The van der Waals surface area contributed by atoms with Gasteiger partial charge in [0.05, 0.1) is 0 Å². The molecule has 130 valence electrons. The first-order valence-corrected chi connectivity index (χ1v) is 8.72. The topological polar surface area (TPSA) is 58.1 Å². The Morgan fingerprint density at radius 2 is 2.00 bits per heavy atom. The van der Waals surface area contributed by atoms with Crippen LogP contribution in [0.4, 0.5) is 11.5 Å². The Morgan fingerprint density at radius 1 is 1.12 bits per heavy atom. The molecule has 3 aromatic rings. The van der Waals surface area contributed by atoms with Crippen molar-refractivity contribution < 1.29 is 4.79 Å². The number of carbonyl (C=O) groups excluding carboxylic acids is 1. The summed E-state index contributed by atoms with van der Waals surface area (Å²) in [4.78, 5) is 23.1. The summed E-state index contributed by atoms with van der Waals surface area (Å²) in [5, 5.41) is 3.27. The van der Waals surface area contributed by atoms with Gasteiger partial charge in [-0.25, -0.2) is 9.97 Å². The molecule has 0 aliphatic carbocycles. The van der Waals surface area contributed by atoms with E-state index in [1.807, 2.05) is 24.3 Å². The average Bonchev–Trinajstić information content (AvgIpc) is 3.10. The molecule has 0 bridgehead atoms. The maximum Gasteiger partial charge on any atom is 0.277 e. The maximum atomic E-state index is 12.9. The van der Waals surface area contributed by atoms with Crippen molar-refractivity contribution in [2.24, 2.45) is 0 Å². The van der Waals surface area contributed by atoms with Gasteiger partial charge in [0, 0.05) is 24.8 Å². The van der Waals surface area contributed by atoms with Crippen molar-refractivity contribution in [1.82, 2.24) is 9.97 Å². The number of hydrogen-bond donors (Lipinski definition) is 1. The number of nitrogens with zero attached hydrogens (tertiary/aromatic N) is 3. The molecule has 1 aromatic heterocycles. The lowest BCUT2D eigenvalue weighted by atomic mass is 10.1. The molecule has 0 fully saturated rings. The second-order valence-electron chi connectivity index (χ2n) is 6.47. The highest BCUT2D eigenvalue weighted by atomic mass is 16.2. The Balaban J connectivity index is 1.50. The lowest BCUT2D eigenvalue weighted by Gasteiger charge is -2.17. The van der Waals surface area contributed by atoms with Gasteiger partial charge >= 0.3 is 0 Å². The highest BCUT2D eigenvalue weighted by Gasteiger charge is 2.26. The van der Waals surface area contributed by atoms with Gasteiger partial charge in [0.1, 0.15) is 17.8 Å². The van der Waals surface area contributed by atoms with Gasteiger partial charge in [0.15, 0.2) is 0 Å². The molecule has 1 amide bonds. The minimum absolute atomic E-state index is 0.0871. The van der Waals surface area contributed by atoms with Crippen LogP contribution >= 0.6 is 0 Å².